The van der Waals surface area contributed by atoms with Gasteiger partial charge in [-0.05, 0) is 33.8 Å². The van der Waals surface area contributed by atoms with Crippen LogP contribution < -0.4 is 0 Å². The molecule has 5 nitrogen and oxygen atoms in total. The van der Waals surface area contributed by atoms with Gasteiger partial charge in [0.1, 0.15) is 11.6 Å². The monoisotopic (exact) mass is 261 g/mol. The topological polar surface area (TPSA) is 66.2 Å². The van der Waals surface area contributed by atoms with Crippen molar-refractivity contribution in [2.75, 3.05) is 6.54 Å². The smallest absolute Gasteiger partial charge is 0.411 e. The van der Waals surface area contributed by atoms with E-state index >= 15 is 0 Å². The van der Waals surface area contributed by atoms with Crippen molar-refractivity contribution in [3.8, 4) is 6.07 Å². The first-order valence-corrected chi connectivity index (χ1v) is 6.18. The van der Waals surface area contributed by atoms with Crippen molar-refractivity contribution < 1.29 is 9.53 Å². The fraction of sp³-hybridized carbons (Fsp3) is 0.500. The highest BCUT2D eigenvalue weighted by molar-refractivity contribution is 5.69. The average molecular weight is 261 g/mol. The first kappa shape index (κ1) is 15.0. The van der Waals surface area contributed by atoms with Crippen LogP contribution in [-0.2, 0) is 4.74 Å². The number of carbonyl (C=O) groups excluding carboxylic acids is 1. The first-order chi connectivity index (χ1) is 8.89. The number of amides is 1. The Hall–Kier alpha value is -2.09. The van der Waals surface area contributed by atoms with Crippen molar-refractivity contribution in [1.29, 1.82) is 5.26 Å². The van der Waals surface area contributed by atoms with Gasteiger partial charge in [0.15, 0.2) is 0 Å². The number of carbonyl (C=O) groups is 1. The van der Waals surface area contributed by atoms with E-state index in [1.54, 1.807) is 45.3 Å². The van der Waals surface area contributed by atoms with Crippen LogP contribution in [0.1, 0.15) is 39.3 Å². The number of nitrogens with zero attached hydrogens (tertiary/aromatic N) is 3. The number of hydrogen-bond donors (Lipinski definition) is 0. The number of rotatable bonds is 3. The van der Waals surface area contributed by atoms with Gasteiger partial charge in [-0.15, -0.1) is 0 Å². The SMILES string of the molecule is CCN(C(=O)OC(C)(C)C)C(C#N)c1cccnc1. The third-order valence-electron chi connectivity index (χ3n) is 2.40. The van der Waals surface area contributed by atoms with Crippen LogP contribution in [0, 0.1) is 11.3 Å². The molecule has 1 atom stereocenters. The Kier molecular flexibility index (Phi) is 4.87. The van der Waals surface area contributed by atoms with Crippen molar-refractivity contribution in [2.45, 2.75) is 39.3 Å². The second kappa shape index (κ2) is 6.19. The van der Waals surface area contributed by atoms with Crippen LogP contribution in [0.4, 0.5) is 4.79 Å². The van der Waals surface area contributed by atoms with E-state index in [-0.39, 0.29) is 0 Å². The fourth-order valence-electron chi connectivity index (χ4n) is 1.60. The molecule has 102 valence electrons. The van der Waals surface area contributed by atoms with Crippen LogP contribution in [0.3, 0.4) is 0 Å². The van der Waals surface area contributed by atoms with E-state index in [4.69, 9.17) is 4.74 Å². The van der Waals surface area contributed by atoms with Gasteiger partial charge >= 0.3 is 6.09 Å². The van der Waals surface area contributed by atoms with Crippen LogP contribution in [0.5, 0.6) is 0 Å². The molecule has 0 saturated carbocycles. The zero-order valence-corrected chi connectivity index (χ0v) is 11.8. The van der Waals surface area contributed by atoms with Gasteiger partial charge in [-0.2, -0.15) is 5.26 Å². The predicted octanol–water partition coefficient (Wildman–Crippen LogP) is 2.90. The number of pyridine rings is 1. The molecule has 1 aromatic rings. The van der Waals surface area contributed by atoms with Gasteiger partial charge < -0.3 is 4.74 Å². The molecule has 0 aliphatic rings. The summed E-state index contributed by atoms with van der Waals surface area (Å²) in [6, 6.07) is 4.95. The highest BCUT2D eigenvalue weighted by Gasteiger charge is 2.28. The molecule has 0 spiro atoms. The normalized spacial score (nSPS) is 12.4. The summed E-state index contributed by atoms with van der Waals surface area (Å²) in [4.78, 5) is 17.5. The summed E-state index contributed by atoms with van der Waals surface area (Å²) in [7, 11) is 0. The Morgan fingerprint density at radius 1 is 1.58 bits per heavy atom. The Bertz CT molecular complexity index is 460. The molecule has 1 unspecified atom stereocenters. The summed E-state index contributed by atoms with van der Waals surface area (Å²) >= 11 is 0. The summed E-state index contributed by atoms with van der Waals surface area (Å²) in [5.41, 5.74) is 0.0946. The van der Waals surface area contributed by atoms with Gasteiger partial charge in [0.2, 0.25) is 0 Å². The Morgan fingerprint density at radius 3 is 2.68 bits per heavy atom. The van der Waals surface area contributed by atoms with E-state index in [1.165, 1.54) is 4.90 Å². The van der Waals surface area contributed by atoms with Crippen LogP contribution in [-0.4, -0.2) is 28.1 Å². The first-order valence-electron chi connectivity index (χ1n) is 6.18. The Labute approximate surface area is 113 Å². The predicted molar refractivity (Wildman–Crippen MR) is 71.2 cm³/mol. The van der Waals surface area contributed by atoms with E-state index in [2.05, 4.69) is 11.1 Å². The number of ether oxygens (including phenoxy) is 1. The average Bonchev–Trinajstić information content (AvgIpc) is 2.34. The van der Waals surface area contributed by atoms with Crippen molar-refractivity contribution in [3.05, 3.63) is 30.1 Å². The number of hydrogen-bond acceptors (Lipinski definition) is 4. The van der Waals surface area contributed by atoms with Gasteiger partial charge in [-0.1, -0.05) is 6.07 Å². The lowest BCUT2D eigenvalue weighted by molar-refractivity contribution is 0.0214. The molecular weight excluding hydrogens is 242 g/mol. The van der Waals surface area contributed by atoms with Crippen LogP contribution in [0.2, 0.25) is 0 Å². The third kappa shape index (κ3) is 4.25. The van der Waals surface area contributed by atoms with Gasteiger partial charge in [-0.25, -0.2) is 4.79 Å². The minimum Gasteiger partial charge on any atom is -0.444 e. The van der Waals surface area contributed by atoms with Crippen molar-refractivity contribution in [3.63, 3.8) is 0 Å². The number of aromatic nitrogens is 1. The van der Waals surface area contributed by atoms with E-state index in [9.17, 15) is 10.1 Å². The zero-order chi connectivity index (χ0) is 14.5. The maximum Gasteiger partial charge on any atom is 0.411 e. The molecule has 0 aromatic carbocycles. The summed E-state index contributed by atoms with van der Waals surface area (Å²) in [5.74, 6) is 0. The van der Waals surface area contributed by atoms with Gasteiger partial charge in [0, 0.05) is 24.5 Å². The summed E-state index contributed by atoms with van der Waals surface area (Å²) < 4.78 is 5.31. The van der Waals surface area contributed by atoms with Crippen LogP contribution >= 0.6 is 0 Å². The van der Waals surface area contributed by atoms with Crippen molar-refractivity contribution in [1.82, 2.24) is 9.88 Å². The summed E-state index contributed by atoms with van der Waals surface area (Å²) in [5, 5.41) is 9.30. The quantitative estimate of drug-likeness (QED) is 0.839. The minimum atomic E-state index is -0.687. The van der Waals surface area contributed by atoms with E-state index in [0.717, 1.165) is 0 Å². The summed E-state index contributed by atoms with van der Waals surface area (Å²) in [6.07, 6.45) is 2.72. The lowest BCUT2D eigenvalue weighted by Crippen LogP contribution is -2.38. The van der Waals surface area contributed by atoms with E-state index in [1.807, 2.05) is 6.92 Å². The minimum absolute atomic E-state index is 0.391. The lowest BCUT2D eigenvalue weighted by atomic mass is 10.1. The molecule has 0 N–H and O–H groups in total. The van der Waals surface area contributed by atoms with E-state index < -0.39 is 17.7 Å². The molecule has 0 fully saturated rings. The maximum absolute atomic E-state index is 12.1. The highest BCUT2D eigenvalue weighted by Crippen LogP contribution is 2.21. The second-order valence-corrected chi connectivity index (χ2v) is 5.08. The molecule has 0 aliphatic heterocycles. The highest BCUT2D eigenvalue weighted by atomic mass is 16.6. The molecular formula is C14H19N3O2. The van der Waals surface area contributed by atoms with E-state index in [0.29, 0.717) is 12.1 Å². The molecule has 1 heterocycles. The third-order valence-corrected chi connectivity index (χ3v) is 2.40. The van der Waals surface area contributed by atoms with Gasteiger partial charge in [-0.3, -0.25) is 9.88 Å². The fourth-order valence-corrected chi connectivity index (χ4v) is 1.60. The van der Waals surface area contributed by atoms with Crippen molar-refractivity contribution in [2.24, 2.45) is 0 Å². The Balaban J connectivity index is 2.95. The second-order valence-electron chi connectivity index (χ2n) is 5.08. The van der Waals surface area contributed by atoms with Crippen LogP contribution in [0.25, 0.3) is 0 Å². The Morgan fingerprint density at radius 2 is 2.26 bits per heavy atom. The van der Waals surface area contributed by atoms with Crippen LogP contribution in [0.15, 0.2) is 24.5 Å². The number of nitriles is 1. The zero-order valence-electron chi connectivity index (χ0n) is 11.8. The molecule has 0 aliphatic carbocycles. The van der Waals surface area contributed by atoms with Gasteiger partial charge in [0.05, 0.1) is 6.07 Å². The molecule has 19 heavy (non-hydrogen) atoms. The summed E-state index contributed by atoms with van der Waals surface area (Å²) in [6.45, 7) is 7.59. The largest absolute Gasteiger partial charge is 0.444 e. The molecule has 0 radical (unpaired) electrons. The van der Waals surface area contributed by atoms with Gasteiger partial charge in [0.25, 0.3) is 0 Å². The molecule has 1 aromatic heterocycles. The molecule has 5 heteroatoms. The van der Waals surface area contributed by atoms with Crippen molar-refractivity contribution >= 4 is 6.09 Å². The standard InChI is InChI=1S/C14H19N3O2/c1-5-17(13(18)19-14(2,3)4)12(9-15)11-7-6-8-16-10-11/h6-8,10,12H,5H2,1-4H3. The molecule has 1 rings (SSSR count). The molecule has 0 saturated heterocycles. The maximum atomic E-state index is 12.1. The molecule has 1 amide bonds. The lowest BCUT2D eigenvalue weighted by Gasteiger charge is -2.29. The molecule has 0 bridgehead atoms.